The monoisotopic (exact) mass is 559 g/mol. The van der Waals surface area contributed by atoms with Gasteiger partial charge in [-0.15, -0.1) is 0 Å². The summed E-state index contributed by atoms with van der Waals surface area (Å²) in [5, 5.41) is 2.66. The Balaban J connectivity index is 1.98. The van der Waals surface area contributed by atoms with Crippen molar-refractivity contribution in [3.05, 3.63) is 39.6 Å². The van der Waals surface area contributed by atoms with Gasteiger partial charge in [-0.25, -0.2) is 18.2 Å². The molecule has 11 heteroatoms. The van der Waals surface area contributed by atoms with Crippen LogP contribution in [0.15, 0.2) is 35.5 Å². The number of pyridine rings is 1. The Labute approximate surface area is 194 Å². The van der Waals surface area contributed by atoms with Crippen molar-refractivity contribution in [2.75, 3.05) is 25.2 Å². The van der Waals surface area contributed by atoms with Crippen LogP contribution < -0.4 is 10.1 Å². The minimum atomic E-state index is -3.42. The quantitative estimate of drug-likeness (QED) is 0.537. The van der Waals surface area contributed by atoms with E-state index in [9.17, 15) is 18.0 Å². The largest absolute Gasteiger partial charge is 0.455 e. The van der Waals surface area contributed by atoms with E-state index in [0.717, 1.165) is 6.26 Å². The van der Waals surface area contributed by atoms with Crippen LogP contribution in [0, 0.1) is 3.57 Å². The summed E-state index contributed by atoms with van der Waals surface area (Å²) in [6, 6.07) is 6.18. The molecule has 1 aromatic carbocycles. The maximum Gasteiger partial charge on any atom is 0.411 e. The molecular weight excluding hydrogens is 537 g/mol. The number of halogens is 1. The zero-order valence-electron chi connectivity index (χ0n) is 17.2. The summed E-state index contributed by atoms with van der Waals surface area (Å²) in [7, 11) is -1.70. The van der Waals surface area contributed by atoms with Crippen LogP contribution in [0.2, 0.25) is 0 Å². The molecule has 2 amide bonds. The molecule has 2 aromatic rings. The predicted molar refractivity (Wildman–Crippen MR) is 122 cm³/mol. The molecule has 31 heavy (non-hydrogen) atoms. The SMILES string of the molecule is CCOC(=O)Nc1cc(C2CCC(=O)N2C)c(Oc2ccc(S(C)(=O)=O)nc2)cc1I. The number of benzene rings is 1. The fraction of sp³-hybridized carbons (Fsp3) is 0.350. The van der Waals surface area contributed by atoms with Crippen molar-refractivity contribution >= 4 is 50.1 Å². The van der Waals surface area contributed by atoms with E-state index in [4.69, 9.17) is 9.47 Å². The number of likely N-dealkylation sites (tertiary alicyclic amines) is 1. The minimum Gasteiger partial charge on any atom is -0.455 e. The number of carbonyl (C=O) groups excluding carboxylic acids is 2. The standard InChI is InChI=1S/C20H22IN3O6S/c1-4-29-20(26)23-15-9-13(16-6-8-19(25)24(16)2)17(10-14(15)21)30-12-5-7-18(22-11-12)31(3,27)28/h5,7,9-11,16H,4,6,8H2,1-3H3,(H,23,26). The second-order valence-electron chi connectivity index (χ2n) is 6.98. The number of amides is 2. The van der Waals surface area contributed by atoms with E-state index in [0.29, 0.717) is 39.2 Å². The molecule has 0 radical (unpaired) electrons. The molecular formula is C20H22IN3O6S. The molecule has 1 aliphatic heterocycles. The number of anilines is 1. The molecule has 1 unspecified atom stereocenters. The first-order valence-electron chi connectivity index (χ1n) is 9.47. The van der Waals surface area contributed by atoms with E-state index in [1.807, 2.05) is 0 Å². The number of hydrogen-bond donors (Lipinski definition) is 1. The van der Waals surface area contributed by atoms with Gasteiger partial charge in [0.25, 0.3) is 0 Å². The Morgan fingerprint density at radius 2 is 2.10 bits per heavy atom. The number of sulfone groups is 1. The topological polar surface area (TPSA) is 115 Å². The van der Waals surface area contributed by atoms with Gasteiger partial charge < -0.3 is 14.4 Å². The van der Waals surface area contributed by atoms with Gasteiger partial charge in [-0.3, -0.25) is 10.1 Å². The smallest absolute Gasteiger partial charge is 0.411 e. The fourth-order valence-electron chi connectivity index (χ4n) is 3.24. The normalized spacial score (nSPS) is 16.3. The molecule has 9 nitrogen and oxygen atoms in total. The van der Waals surface area contributed by atoms with E-state index in [1.54, 1.807) is 31.0 Å². The summed E-state index contributed by atoms with van der Waals surface area (Å²) in [5.74, 6) is 0.857. The maximum absolute atomic E-state index is 12.1. The Bertz CT molecular complexity index is 1100. The van der Waals surface area contributed by atoms with Gasteiger partial charge in [0, 0.05) is 28.9 Å². The van der Waals surface area contributed by atoms with Gasteiger partial charge in [0.2, 0.25) is 5.91 Å². The summed E-state index contributed by atoms with van der Waals surface area (Å²) in [5.41, 5.74) is 1.26. The minimum absolute atomic E-state index is 0.0218. The van der Waals surface area contributed by atoms with Gasteiger partial charge in [0.15, 0.2) is 14.9 Å². The van der Waals surface area contributed by atoms with Crippen molar-refractivity contribution in [1.29, 1.82) is 0 Å². The van der Waals surface area contributed by atoms with Crippen LogP contribution in [-0.2, 0) is 19.4 Å². The number of ether oxygens (including phenoxy) is 2. The average molecular weight is 559 g/mol. The number of hydrogen-bond acceptors (Lipinski definition) is 7. The van der Waals surface area contributed by atoms with Gasteiger partial charge in [-0.1, -0.05) is 0 Å². The van der Waals surface area contributed by atoms with Crippen LogP contribution in [0.3, 0.4) is 0 Å². The number of carbonyl (C=O) groups is 2. The van der Waals surface area contributed by atoms with Gasteiger partial charge in [0.05, 0.1) is 24.5 Å². The molecule has 1 N–H and O–H groups in total. The van der Waals surface area contributed by atoms with E-state index in [-0.39, 0.29) is 23.6 Å². The predicted octanol–water partition coefficient (Wildman–Crippen LogP) is 3.74. The number of nitrogens with zero attached hydrogens (tertiary/aromatic N) is 2. The molecule has 0 spiro atoms. The molecule has 0 bridgehead atoms. The highest BCUT2D eigenvalue weighted by molar-refractivity contribution is 14.1. The van der Waals surface area contributed by atoms with Crippen LogP contribution >= 0.6 is 22.6 Å². The van der Waals surface area contributed by atoms with E-state index in [1.165, 1.54) is 18.3 Å². The fourth-order valence-corrected chi connectivity index (χ4v) is 4.37. The molecule has 3 rings (SSSR count). The Kier molecular flexibility index (Phi) is 7.04. The summed E-state index contributed by atoms with van der Waals surface area (Å²) >= 11 is 2.07. The molecule has 2 heterocycles. The Hall–Kier alpha value is -2.41. The lowest BCUT2D eigenvalue weighted by molar-refractivity contribution is -0.127. The highest BCUT2D eigenvalue weighted by atomic mass is 127. The molecule has 166 valence electrons. The molecule has 1 fully saturated rings. The maximum atomic E-state index is 12.1. The summed E-state index contributed by atoms with van der Waals surface area (Å²) < 4.78 is 34.9. The average Bonchev–Trinajstić information content (AvgIpc) is 3.02. The zero-order chi connectivity index (χ0) is 22.8. The van der Waals surface area contributed by atoms with E-state index >= 15 is 0 Å². The first-order chi connectivity index (χ1) is 14.6. The van der Waals surface area contributed by atoms with Crippen molar-refractivity contribution in [2.24, 2.45) is 0 Å². The lowest BCUT2D eigenvalue weighted by atomic mass is 10.0. The van der Waals surface area contributed by atoms with Crippen LogP contribution in [0.5, 0.6) is 11.5 Å². The van der Waals surface area contributed by atoms with Crippen LogP contribution in [0.4, 0.5) is 10.5 Å². The van der Waals surface area contributed by atoms with Crippen LogP contribution in [0.25, 0.3) is 0 Å². The number of aromatic nitrogens is 1. The highest BCUT2D eigenvalue weighted by Gasteiger charge is 2.32. The molecule has 1 aromatic heterocycles. The molecule has 1 atom stereocenters. The van der Waals surface area contributed by atoms with Crippen LogP contribution in [0.1, 0.15) is 31.4 Å². The third-order valence-corrected chi connectivity index (χ3v) is 6.67. The van der Waals surface area contributed by atoms with Gasteiger partial charge in [0.1, 0.15) is 11.5 Å². The summed E-state index contributed by atoms with van der Waals surface area (Å²) in [6.07, 6.45) is 2.87. The molecule has 1 aliphatic rings. The van der Waals surface area contributed by atoms with Crippen molar-refractivity contribution in [3.8, 4) is 11.5 Å². The lowest BCUT2D eigenvalue weighted by Gasteiger charge is -2.24. The van der Waals surface area contributed by atoms with Crippen molar-refractivity contribution < 1.29 is 27.5 Å². The first kappa shape index (κ1) is 23.3. The summed E-state index contributed by atoms with van der Waals surface area (Å²) in [4.78, 5) is 29.6. The van der Waals surface area contributed by atoms with E-state index in [2.05, 4.69) is 32.9 Å². The third-order valence-electron chi connectivity index (χ3n) is 4.78. The van der Waals surface area contributed by atoms with Gasteiger partial charge >= 0.3 is 6.09 Å². The van der Waals surface area contributed by atoms with Crippen molar-refractivity contribution in [1.82, 2.24) is 9.88 Å². The van der Waals surface area contributed by atoms with Crippen molar-refractivity contribution in [3.63, 3.8) is 0 Å². The Morgan fingerprint density at radius 1 is 1.35 bits per heavy atom. The highest BCUT2D eigenvalue weighted by Crippen LogP contribution is 2.41. The molecule has 0 aliphatic carbocycles. The van der Waals surface area contributed by atoms with Gasteiger partial charge in [-0.2, -0.15) is 0 Å². The first-order valence-corrected chi connectivity index (χ1v) is 12.4. The second-order valence-corrected chi connectivity index (χ2v) is 10.1. The number of rotatable bonds is 6. The van der Waals surface area contributed by atoms with Crippen LogP contribution in [-0.4, -0.2) is 50.2 Å². The molecule has 0 saturated carbocycles. The second kappa shape index (κ2) is 9.39. The zero-order valence-corrected chi connectivity index (χ0v) is 20.2. The third kappa shape index (κ3) is 5.45. The van der Waals surface area contributed by atoms with E-state index < -0.39 is 15.9 Å². The molecule has 1 saturated heterocycles. The Morgan fingerprint density at radius 3 is 2.65 bits per heavy atom. The lowest BCUT2D eigenvalue weighted by Crippen LogP contribution is -2.23. The van der Waals surface area contributed by atoms with Gasteiger partial charge in [-0.05, 0) is 60.2 Å². The summed E-state index contributed by atoms with van der Waals surface area (Å²) in [6.45, 7) is 1.96. The van der Waals surface area contributed by atoms with Crippen molar-refractivity contribution in [2.45, 2.75) is 30.8 Å². The number of nitrogens with one attached hydrogen (secondary N) is 1.